The van der Waals surface area contributed by atoms with E-state index < -0.39 is 0 Å². The summed E-state index contributed by atoms with van der Waals surface area (Å²) in [6.45, 7) is 3.58. The van der Waals surface area contributed by atoms with Crippen molar-refractivity contribution in [1.29, 1.82) is 5.26 Å². The molecule has 0 saturated heterocycles. The molecule has 0 amide bonds. The van der Waals surface area contributed by atoms with Gasteiger partial charge in [-0.1, -0.05) is 39.0 Å². The third-order valence-corrected chi connectivity index (χ3v) is 3.10. The van der Waals surface area contributed by atoms with Crippen LogP contribution in [0.3, 0.4) is 0 Å². The van der Waals surface area contributed by atoms with Crippen molar-refractivity contribution in [3.8, 4) is 6.07 Å². The Bertz CT molecular complexity index is 221. The van der Waals surface area contributed by atoms with Crippen LogP contribution in [-0.2, 0) is 4.74 Å². The molecule has 1 saturated carbocycles. The van der Waals surface area contributed by atoms with E-state index in [1.807, 2.05) is 0 Å². The number of nitrogens with one attached hydrogen (secondary N) is 1. The van der Waals surface area contributed by atoms with Gasteiger partial charge in [-0.05, 0) is 19.3 Å². The predicted molar refractivity (Wildman–Crippen MR) is 69.8 cm³/mol. The highest BCUT2D eigenvalue weighted by atomic mass is 16.5. The summed E-state index contributed by atoms with van der Waals surface area (Å²) < 4.78 is 5.54. The minimum Gasteiger partial charge on any atom is -0.379 e. The average molecular weight is 238 g/mol. The summed E-state index contributed by atoms with van der Waals surface area (Å²) in [6.07, 6.45) is 10.1. The third kappa shape index (κ3) is 8.18. The van der Waals surface area contributed by atoms with Crippen molar-refractivity contribution in [1.82, 2.24) is 5.32 Å². The first-order chi connectivity index (χ1) is 8.36. The van der Waals surface area contributed by atoms with Gasteiger partial charge in [0.15, 0.2) is 0 Å². The van der Waals surface area contributed by atoms with E-state index >= 15 is 0 Å². The summed E-state index contributed by atoms with van der Waals surface area (Å²) in [5.74, 6) is 0. The van der Waals surface area contributed by atoms with E-state index in [4.69, 9.17) is 10.00 Å². The van der Waals surface area contributed by atoms with Crippen LogP contribution in [0.5, 0.6) is 0 Å². The van der Waals surface area contributed by atoms with Crippen molar-refractivity contribution >= 4 is 0 Å². The molecule has 0 bridgehead atoms. The van der Waals surface area contributed by atoms with Crippen LogP contribution < -0.4 is 5.32 Å². The van der Waals surface area contributed by atoms with E-state index in [1.54, 1.807) is 0 Å². The van der Waals surface area contributed by atoms with Gasteiger partial charge in [0.2, 0.25) is 0 Å². The molecular formula is C14H26N2O. The first-order valence-corrected chi connectivity index (χ1v) is 7.10. The standard InChI is InChI=1S/C14H26N2O/c1-2-3-4-5-6-7-10-17-12-14(11-15)16-13-8-9-13/h13-14,16H,2-10,12H2,1H3. The van der Waals surface area contributed by atoms with Gasteiger partial charge in [0, 0.05) is 12.6 Å². The van der Waals surface area contributed by atoms with Crippen LogP contribution in [0.2, 0.25) is 0 Å². The van der Waals surface area contributed by atoms with Crippen LogP contribution in [-0.4, -0.2) is 25.3 Å². The van der Waals surface area contributed by atoms with Crippen LogP contribution in [0.1, 0.15) is 58.3 Å². The highest BCUT2D eigenvalue weighted by Crippen LogP contribution is 2.19. The minimum atomic E-state index is -0.109. The molecule has 1 rings (SSSR count). The lowest BCUT2D eigenvalue weighted by atomic mass is 10.1. The van der Waals surface area contributed by atoms with E-state index in [-0.39, 0.29) is 6.04 Å². The molecule has 1 fully saturated rings. The minimum absolute atomic E-state index is 0.109. The molecule has 1 atom stereocenters. The quantitative estimate of drug-likeness (QED) is 0.563. The van der Waals surface area contributed by atoms with Crippen molar-refractivity contribution in [2.75, 3.05) is 13.2 Å². The fraction of sp³-hybridized carbons (Fsp3) is 0.929. The summed E-state index contributed by atoms with van der Waals surface area (Å²) in [5.41, 5.74) is 0. The fourth-order valence-corrected chi connectivity index (χ4v) is 1.84. The zero-order valence-electron chi connectivity index (χ0n) is 11.1. The number of rotatable bonds is 11. The number of nitrogens with zero attached hydrogens (tertiary/aromatic N) is 1. The Kier molecular flexibility index (Phi) is 8.04. The largest absolute Gasteiger partial charge is 0.379 e. The lowest BCUT2D eigenvalue weighted by Gasteiger charge is -2.11. The Hall–Kier alpha value is -0.590. The Morgan fingerprint density at radius 1 is 1.24 bits per heavy atom. The summed E-state index contributed by atoms with van der Waals surface area (Å²) in [4.78, 5) is 0. The van der Waals surface area contributed by atoms with Crippen molar-refractivity contribution in [3.05, 3.63) is 0 Å². The maximum Gasteiger partial charge on any atom is 0.119 e. The smallest absolute Gasteiger partial charge is 0.119 e. The number of unbranched alkanes of at least 4 members (excludes halogenated alkanes) is 5. The van der Waals surface area contributed by atoms with Crippen LogP contribution >= 0.6 is 0 Å². The van der Waals surface area contributed by atoms with Gasteiger partial charge in [0.05, 0.1) is 12.7 Å². The zero-order chi connectivity index (χ0) is 12.3. The highest BCUT2D eigenvalue weighted by Gasteiger charge is 2.24. The number of ether oxygens (including phenoxy) is 1. The molecule has 1 unspecified atom stereocenters. The molecule has 98 valence electrons. The summed E-state index contributed by atoms with van der Waals surface area (Å²) in [5, 5.41) is 12.2. The zero-order valence-corrected chi connectivity index (χ0v) is 11.1. The lowest BCUT2D eigenvalue weighted by Crippen LogP contribution is -2.33. The third-order valence-electron chi connectivity index (χ3n) is 3.10. The second-order valence-electron chi connectivity index (χ2n) is 4.97. The van der Waals surface area contributed by atoms with Crippen LogP contribution in [0, 0.1) is 11.3 Å². The van der Waals surface area contributed by atoms with Gasteiger partial charge in [-0.15, -0.1) is 0 Å². The first kappa shape index (κ1) is 14.5. The molecular weight excluding hydrogens is 212 g/mol. The lowest BCUT2D eigenvalue weighted by molar-refractivity contribution is 0.119. The Morgan fingerprint density at radius 2 is 1.94 bits per heavy atom. The second kappa shape index (κ2) is 9.44. The summed E-state index contributed by atoms with van der Waals surface area (Å²) in [6, 6.07) is 2.73. The molecule has 0 heterocycles. The Balaban J connectivity index is 1.83. The molecule has 17 heavy (non-hydrogen) atoms. The van der Waals surface area contributed by atoms with E-state index in [1.165, 1.54) is 44.9 Å². The SMILES string of the molecule is CCCCCCCCOCC(C#N)NC1CC1. The Morgan fingerprint density at radius 3 is 2.59 bits per heavy atom. The molecule has 0 aromatic rings. The van der Waals surface area contributed by atoms with E-state index in [2.05, 4.69) is 18.3 Å². The van der Waals surface area contributed by atoms with Gasteiger partial charge in [-0.2, -0.15) is 5.26 Å². The average Bonchev–Trinajstić information content (AvgIpc) is 3.15. The molecule has 3 heteroatoms. The van der Waals surface area contributed by atoms with Crippen molar-refractivity contribution in [3.63, 3.8) is 0 Å². The topological polar surface area (TPSA) is 45.0 Å². The maximum absolute atomic E-state index is 8.91. The molecule has 0 aromatic heterocycles. The van der Waals surface area contributed by atoms with Gasteiger partial charge in [0.25, 0.3) is 0 Å². The predicted octanol–water partition coefficient (Wildman–Crippen LogP) is 3.01. The highest BCUT2D eigenvalue weighted by molar-refractivity contribution is 4.95. The molecule has 1 aliphatic carbocycles. The summed E-state index contributed by atoms with van der Waals surface area (Å²) >= 11 is 0. The fourth-order valence-electron chi connectivity index (χ4n) is 1.84. The summed E-state index contributed by atoms with van der Waals surface area (Å²) in [7, 11) is 0. The molecule has 0 radical (unpaired) electrons. The van der Waals surface area contributed by atoms with E-state index in [0.717, 1.165) is 13.0 Å². The molecule has 3 nitrogen and oxygen atoms in total. The van der Waals surface area contributed by atoms with Crippen LogP contribution in [0.15, 0.2) is 0 Å². The van der Waals surface area contributed by atoms with Crippen molar-refractivity contribution in [2.45, 2.75) is 70.4 Å². The number of hydrogen-bond donors (Lipinski definition) is 1. The normalized spacial score (nSPS) is 16.7. The molecule has 1 aliphatic rings. The van der Waals surface area contributed by atoms with Gasteiger partial charge >= 0.3 is 0 Å². The van der Waals surface area contributed by atoms with Gasteiger partial charge in [-0.3, -0.25) is 5.32 Å². The van der Waals surface area contributed by atoms with Crippen LogP contribution in [0.25, 0.3) is 0 Å². The molecule has 0 spiro atoms. The molecule has 0 aliphatic heterocycles. The first-order valence-electron chi connectivity index (χ1n) is 7.10. The van der Waals surface area contributed by atoms with E-state index in [0.29, 0.717) is 12.6 Å². The second-order valence-corrected chi connectivity index (χ2v) is 4.97. The Labute approximate surface area is 106 Å². The number of hydrogen-bond acceptors (Lipinski definition) is 3. The van der Waals surface area contributed by atoms with E-state index in [9.17, 15) is 0 Å². The van der Waals surface area contributed by atoms with Gasteiger partial charge < -0.3 is 4.74 Å². The monoisotopic (exact) mass is 238 g/mol. The van der Waals surface area contributed by atoms with Gasteiger partial charge in [0.1, 0.15) is 6.04 Å². The maximum atomic E-state index is 8.91. The molecule has 1 N–H and O–H groups in total. The van der Waals surface area contributed by atoms with Crippen LogP contribution in [0.4, 0.5) is 0 Å². The van der Waals surface area contributed by atoms with Crippen molar-refractivity contribution < 1.29 is 4.74 Å². The number of nitriles is 1. The molecule has 0 aromatic carbocycles. The van der Waals surface area contributed by atoms with Crippen molar-refractivity contribution in [2.24, 2.45) is 0 Å². The van der Waals surface area contributed by atoms with Gasteiger partial charge in [-0.25, -0.2) is 0 Å².